The van der Waals surface area contributed by atoms with Crippen LogP contribution in [-0.2, 0) is 31.2 Å². The highest BCUT2D eigenvalue weighted by molar-refractivity contribution is 5.76. The van der Waals surface area contributed by atoms with Gasteiger partial charge in [-0.1, -0.05) is 0 Å². The molecule has 1 amide bonds. The maximum absolute atomic E-state index is 12.1. The molecule has 1 fully saturated rings. The standard InChI is InChI=1S/C14H22N4O/c1-17-13-6-7-15-10-11(13)12(16-17)4-5-14(19)18-8-2-3-9-18/h15H,2-10H2,1H3. The summed E-state index contributed by atoms with van der Waals surface area (Å²) in [4.78, 5) is 14.1. The van der Waals surface area contributed by atoms with Gasteiger partial charge in [-0.3, -0.25) is 9.48 Å². The van der Waals surface area contributed by atoms with Gasteiger partial charge in [0.2, 0.25) is 5.91 Å². The Hall–Kier alpha value is -1.36. The molecular weight excluding hydrogens is 240 g/mol. The SMILES string of the molecule is Cn1nc(CCC(=O)N2CCCC2)c2c1CCNC2. The topological polar surface area (TPSA) is 50.2 Å². The third-order valence-electron chi connectivity index (χ3n) is 4.23. The van der Waals surface area contributed by atoms with Crippen LogP contribution in [0.25, 0.3) is 0 Å². The minimum atomic E-state index is 0.292. The Morgan fingerprint density at radius 2 is 2.16 bits per heavy atom. The highest BCUT2D eigenvalue weighted by atomic mass is 16.2. The Bertz CT molecular complexity index is 474. The molecule has 1 saturated heterocycles. The lowest BCUT2D eigenvalue weighted by molar-refractivity contribution is -0.130. The number of aryl methyl sites for hydroxylation is 2. The third-order valence-corrected chi connectivity index (χ3v) is 4.23. The van der Waals surface area contributed by atoms with E-state index >= 15 is 0 Å². The molecule has 5 nitrogen and oxygen atoms in total. The van der Waals surface area contributed by atoms with Crippen LogP contribution in [0, 0.1) is 0 Å². The van der Waals surface area contributed by atoms with Crippen molar-refractivity contribution in [1.29, 1.82) is 0 Å². The van der Waals surface area contributed by atoms with Crippen molar-refractivity contribution in [3.05, 3.63) is 17.0 Å². The average Bonchev–Trinajstić information content (AvgIpc) is 3.06. The van der Waals surface area contributed by atoms with Crippen LogP contribution >= 0.6 is 0 Å². The fourth-order valence-electron chi connectivity index (χ4n) is 3.15. The molecule has 0 bridgehead atoms. The number of carbonyl (C=O) groups is 1. The predicted molar refractivity (Wildman–Crippen MR) is 72.8 cm³/mol. The molecule has 0 atom stereocenters. The number of fused-ring (bicyclic) bond motifs is 1. The summed E-state index contributed by atoms with van der Waals surface area (Å²) in [6.07, 6.45) is 4.74. The molecule has 0 unspecified atom stereocenters. The van der Waals surface area contributed by atoms with Gasteiger partial charge in [-0.2, -0.15) is 5.10 Å². The molecule has 0 saturated carbocycles. The summed E-state index contributed by atoms with van der Waals surface area (Å²) in [6.45, 7) is 3.82. The summed E-state index contributed by atoms with van der Waals surface area (Å²) in [5.74, 6) is 0.292. The van der Waals surface area contributed by atoms with Crippen molar-refractivity contribution < 1.29 is 4.79 Å². The lowest BCUT2D eigenvalue weighted by Gasteiger charge is -2.16. The van der Waals surface area contributed by atoms with E-state index < -0.39 is 0 Å². The fraction of sp³-hybridized carbons (Fsp3) is 0.714. The molecule has 1 aromatic rings. The minimum Gasteiger partial charge on any atom is -0.343 e. The van der Waals surface area contributed by atoms with Gasteiger partial charge in [0.15, 0.2) is 0 Å². The van der Waals surface area contributed by atoms with Crippen LogP contribution in [0.4, 0.5) is 0 Å². The van der Waals surface area contributed by atoms with Crippen LogP contribution in [0.3, 0.4) is 0 Å². The van der Waals surface area contributed by atoms with E-state index in [1.807, 2.05) is 16.6 Å². The second kappa shape index (κ2) is 5.33. The molecule has 3 heterocycles. The Morgan fingerprint density at radius 3 is 2.95 bits per heavy atom. The van der Waals surface area contributed by atoms with Crippen molar-refractivity contribution >= 4 is 5.91 Å². The van der Waals surface area contributed by atoms with Gasteiger partial charge in [0, 0.05) is 63.7 Å². The van der Waals surface area contributed by atoms with Crippen LogP contribution in [0.5, 0.6) is 0 Å². The Balaban J connectivity index is 1.65. The van der Waals surface area contributed by atoms with Crippen LogP contribution in [-0.4, -0.2) is 40.2 Å². The molecule has 104 valence electrons. The van der Waals surface area contributed by atoms with Crippen molar-refractivity contribution in [1.82, 2.24) is 20.0 Å². The second-order valence-electron chi connectivity index (χ2n) is 5.51. The van der Waals surface area contributed by atoms with Gasteiger partial charge >= 0.3 is 0 Å². The van der Waals surface area contributed by atoms with Gasteiger partial charge in [-0.05, 0) is 12.8 Å². The van der Waals surface area contributed by atoms with E-state index in [2.05, 4.69) is 10.4 Å². The lowest BCUT2D eigenvalue weighted by atomic mass is 10.0. The fourth-order valence-corrected chi connectivity index (χ4v) is 3.15. The molecule has 0 radical (unpaired) electrons. The van der Waals surface area contributed by atoms with Gasteiger partial charge in [0.05, 0.1) is 5.69 Å². The van der Waals surface area contributed by atoms with E-state index in [-0.39, 0.29) is 0 Å². The molecule has 2 aliphatic rings. The number of hydrogen-bond donors (Lipinski definition) is 1. The summed E-state index contributed by atoms with van der Waals surface area (Å²) in [6, 6.07) is 0. The van der Waals surface area contributed by atoms with Gasteiger partial charge in [-0.25, -0.2) is 0 Å². The highest BCUT2D eigenvalue weighted by Gasteiger charge is 2.21. The van der Waals surface area contributed by atoms with Crippen molar-refractivity contribution in [2.75, 3.05) is 19.6 Å². The molecule has 5 heteroatoms. The van der Waals surface area contributed by atoms with Crippen molar-refractivity contribution in [2.24, 2.45) is 7.05 Å². The number of rotatable bonds is 3. The lowest BCUT2D eigenvalue weighted by Crippen LogP contribution is -2.28. The first-order chi connectivity index (χ1) is 9.25. The van der Waals surface area contributed by atoms with Crippen LogP contribution in [0.2, 0.25) is 0 Å². The molecule has 0 aromatic carbocycles. The Labute approximate surface area is 114 Å². The molecule has 1 N–H and O–H groups in total. The normalized spacial score (nSPS) is 18.7. The number of likely N-dealkylation sites (tertiary alicyclic amines) is 1. The van der Waals surface area contributed by atoms with Gasteiger partial charge in [0.25, 0.3) is 0 Å². The highest BCUT2D eigenvalue weighted by Crippen LogP contribution is 2.19. The quantitative estimate of drug-likeness (QED) is 0.869. The third kappa shape index (κ3) is 2.52. The predicted octanol–water partition coefficient (Wildman–Crippen LogP) is 0.621. The summed E-state index contributed by atoms with van der Waals surface area (Å²) in [7, 11) is 2.01. The largest absolute Gasteiger partial charge is 0.343 e. The summed E-state index contributed by atoms with van der Waals surface area (Å²) >= 11 is 0. The number of carbonyl (C=O) groups excluding carboxylic acids is 1. The van der Waals surface area contributed by atoms with Gasteiger partial charge in [0.1, 0.15) is 0 Å². The molecule has 19 heavy (non-hydrogen) atoms. The van der Waals surface area contributed by atoms with Crippen molar-refractivity contribution in [3.8, 4) is 0 Å². The first-order valence-corrected chi connectivity index (χ1v) is 7.28. The summed E-state index contributed by atoms with van der Waals surface area (Å²) < 4.78 is 1.99. The van der Waals surface area contributed by atoms with Crippen LogP contribution in [0.1, 0.15) is 36.2 Å². The number of aromatic nitrogens is 2. The van der Waals surface area contributed by atoms with Gasteiger partial charge in [-0.15, -0.1) is 0 Å². The van der Waals surface area contributed by atoms with E-state index in [4.69, 9.17) is 0 Å². The van der Waals surface area contributed by atoms with Crippen molar-refractivity contribution in [2.45, 2.75) is 38.6 Å². The van der Waals surface area contributed by atoms with Gasteiger partial charge < -0.3 is 10.2 Å². The second-order valence-corrected chi connectivity index (χ2v) is 5.51. The first kappa shape index (κ1) is 12.7. The summed E-state index contributed by atoms with van der Waals surface area (Å²) in [5, 5.41) is 7.99. The zero-order valence-corrected chi connectivity index (χ0v) is 11.6. The maximum atomic E-state index is 12.1. The molecule has 1 aromatic heterocycles. The molecular formula is C14H22N4O. The van der Waals surface area contributed by atoms with E-state index in [0.717, 1.165) is 57.6 Å². The Morgan fingerprint density at radius 1 is 1.37 bits per heavy atom. The van der Waals surface area contributed by atoms with E-state index in [1.165, 1.54) is 11.3 Å². The summed E-state index contributed by atoms with van der Waals surface area (Å²) in [5.41, 5.74) is 3.77. The van der Waals surface area contributed by atoms with E-state index in [9.17, 15) is 4.79 Å². The Kier molecular flexibility index (Phi) is 3.55. The molecule has 2 aliphatic heterocycles. The monoisotopic (exact) mass is 262 g/mol. The number of hydrogen-bond acceptors (Lipinski definition) is 3. The molecule has 0 spiro atoms. The smallest absolute Gasteiger partial charge is 0.222 e. The van der Waals surface area contributed by atoms with E-state index in [1.54, 1.807) is 0 Å². The maximum Gasteiger partial charge on any atom is 0.222 e. The van der Waals surface area contributed by atoms with E-state index in [0.29, 0.717) is 12.3 Å². The number of amides is 1. The molecule has 3 rings (SSSR count). The average molecular weight is 262 g/mol. The first-order valence-electron chi connectivity index (χ1n) is 7.28. The zero-order valence-electron chi connectivity index (χ0n) is 11.6. The molecule has 0 aliphatic carbocycles. The zero-order chi connectivity index (χ0) is 13.2. The van der Waals surface area contributed by atoms with Crippen LogP contribution in [0.15, 0.2) is 0 Å². The number of nitrogens with one attached hydrogen (secondary N) is 1. The van der Waals surface area contributed by atoms with Crippen LogP contribution < -0.4 is 5.32 Å². The minimum absolute atomic E-state index is 0.292. The number of nitrogens with zero attached hydrogens (tertiary/aromatic N) is 3. The van der Waals surface area contributed by atoms with Crippen molar-refractivity contribution in [3.63, 3.8) is 0 Å².